The van der Waals surface area contributed by atoms with Crippen LogP contribution in [0.5, 0.6) is 0 Å². The third-order valence-electron chi connectivity index (χ3n) is 5.78. The molecule has 2 saturated heterocycles. The lowest BCUT2D eigenvalue weighted by atomic mass is 9.78. The van der Waals surface area contributed by atoms with Crippen LogP contribution in [-0.4, -0.2) is 83.1 Å². The van der Waals surface area contributed by atoms with Crippen molar-refractivity contribution >= 4 is 36.0 Å². The Kier molecular flexibility index (Phi) is 5.72. The molecule has 1 unspecified atom stereocenters. The van der Waals surface area contributed by atoms with Gasteiger partial charge in [0.25, 0.3) is 0 Å². The van der Waals surface area contributed by atoms with Crippen LogP contribution in [0.4, 0.5) is 0 Å². The highest BCUT2D eigenvalue weighted by Gasteiger charge is 2.60. The molecule has 0 aromatic rings. The monoisotopic (exact) mass is 410 g/mol. The van der Waals surface area contributed by atoms with Crippen LogP contribution in [0.25, 0.3) is 0 Å². The van der Waals surface area contributed by atoms with Crippen molar-refractivity contribution in [3.8, 4) is 0 Å². The van der Waals surface area contributed by atoms with Crippen LogP contribution in [0.15, 0.2) is 10.6 Å². The van der Waals surface area contributed by atoms with Crippen molar-refractivity contribution in [3.05, 3.63) is 10.6 Å². The Morgan fingerprint density at radius 2 is 2.11 bits per heavy atom. The van der Waals surface area contributed by atoms with Gasteiger partial charge < -0.3 is 25.5 Å². The lowest BCUT2D eigenvalue weighted by Gasteiger charge is -2.47. The molecule has 6 atom stereocenters. The van der Waals surface area contributed by atoms with E-state index in [4.69, 9.17) is 0 Å². The molecule has 2 fully saturated rings. The number of aliphatic carboxylic acids is 1. The Labute approximate surface area is 167 Å². The standard InChI is InChI=1S/C18H26N4O5S/c1-8-13-12(9(2)20-7-23)17(25)22(13)14(18(26)27)15(8)28-10-5-11(19-6-10)16(24)21(3)4/h7-13,19H,5-6H2,1-4H3,(H,20,23)(H,26,27)/t8-,9?,10+,11+,12-,13-/m1/s1. The zero-order chi connectivity index (χ0) is 20.7. The van der Waals surface area contributed by atoms with Crippen molar-refractivity contribution in [2.24, 2.45) is 11.8 Å². The molecule has 9 nitrogen and oxygen atoms in total. The number of likely N-dealkylation sites (N-methyl/N-ethyl adjacent to an activating group) is 1. The second-order valence-corrected chi connectivity index (χ2v) is 9.12. The molecule has 0 bridgehead atoms. The molecule has 3 rings (SSSR count). The zero-order valence-electron chi connectivity index (χ0n) is 16.3. The molecule has 10 heteroatoms. The van der Waals surface area contributed by atoms with E-state index in [2.05, 4.69) is 10.6 Å². The maximum atomic E-state index is 12.6. The van der Waals surface area contributed by atoms with Crippen LogP contribution in [0.3, 0.4) is 0 Å². The van der Waals surface area contributed by atoms with Crippen molar-refractivity contribution in [1.82, 2.24) is 20.4 Å². The molecule has 154 valence electrons. The molecular formula is C18H26N4O5S. The van der Waals surface area contributed by atoms with E-state index in [-0.39, 0.29) is 46.8 Å². The van der Waals surface area contributed by atoms with Crippen molar-refractivity contribution in [2.45, 2.75) is 43.6 Å². The molecule has 0 aromatic carbocycles. The van der Waals surface area contributed by atoms with E-state index in [1.165, 1.54) is 16.7 Å². The third kappa shape index (κ3) is 3.28. The van der Waals surface area contributed by atoms with Crippen LogP contribution in [-0.2, 0) is 19.2 Å². The highest BCUT2D eigenvalue weighted by Crippen LogP contribution is 2.51. The Hall–Kier alpha value is -2.07. The summed E-state index contributed by atoms with van der Waals surface area (Å²) in [4.78, 5) is 51.0. The maximum absolute atomic E-state index is 12.6. The summed E-state index contributed by atoms with van der Waals surface area (Å²) in [6, 6.07) is -0.901. The minimum Gasteiger partial charge on any atom is -0.477 e. The number of fused-ring (bicyclic) bond motifs is 1. The lowest BCUT2D eigenvalue weighted by Crippen LogP contribution is -2.65. The van der Waals surface area contributed by atoms with E-state index in [0.717, 1.165) is 0 Å². The summed E-state index contributed by atoms with van der Waals surface area (Å²) >= 11 is 1.45. The first kappa shape index (κ1) is 20.7. The predicted molar refractivity (Wildman–Crippen MR) is 103 cm³/mol. The average Bonchev–Trinajstić information content (AvgIpc) is 3.17. The van der Waals surface area contributed by atoms with Crippen molar-refractivity contribution in [2.75, 3.05) is 20.6 Å². The second kappa shape index (κ2) is 7.75. The van der Waals surface area contributed by atoms with Crippen molar-refractivity contribution < 1.29 is 24.3 Å². The van der Waals surface area contributed by atoms with Gasteiger partial charge in [0.2, 0.25) is 18.2 Å². The van der Waals surface area contributed by atoms with E-state index >= 15 is 0 Å². The molecule has 3 amide bonds. The quantitative estimate of drug-likeness (QED) is 0.380. The largest absolute Gasteiger partial charge is 0.477 e. The molecule has 0 saturated carbocycles. The van der Waals surface area contributed by atoms with Crippen molar-refractivity contribution in [1.29, 1.82) is 0 Å². The zero-order valence-corrected chi connectivity index (χ0v) is 17.2. The average molecular weight is 410 g/mol. The predicted octanol–water partition coefficient (Wildman–Crippen LogP) is -0.554. The number of carbonyl (C=O) groups is 4. The smallest absolute Gasteiger partial charge is 0.353 e. The highest BCUT2D eigenvalue weighted by atomic mass is 32.2. The first-order chi connectivity index (χ1) is 13.2. The summed E-state index contributed by atoms with van der Waals surface area (Å²) in [7, 11) is 3.42. The first-order valence-corrected chi connectivity index (χ1v) is 10.2. The highest BCUT2D eigenvalue weighted by molar-refractivity contribution is 8.03. The molecule has 28 heavy (non-hydrogen) atoms. The van der Waals surface area contributed by atoms with Crippen LogP contribution < -0.4 is 10.6 Å². The summed E-state index contributed by atoms with van der Waals surface area (Å²) in [6.07, 6.45) is 1.17. The molecule has 3 N–H and O–H groups in total. The number of nitrogens with one attached hydrogen (secondary N) is 2. The van der Waals surface area contributed by atoms with Gasteiger partial charge in [-0.2, -0.15) is 0 Å². The Bertz CT molecular complexity index is 739. The summed E-state index contributed by atoms with van der Waals surface area (Å²) in [5.74, 6) is -1.96. The maximum Gasteiger partial charge on any atom is 0.353 e. The Balaban J connectivity index is 1.78. The minimum atomic E-state index is -1.12. The van der Waals surface area contributed by atoms with Gasteiger partial charge in [-0.1, -0.05) is 6.92 Å². The fourth-order valence-electron chi connectivity index (χ4n) is 4.38. The van der Waals surface area contributed by atoms with Gasteiger partial charge in [-0.05, 0) is 13.3 Å². The number of carbonyl (C=O) groups excluding carboxylic acids is 3. The van der Waals surface area contributed by atoms with E-state index < -0.39 is 11.9 Å². The van der Waals surface area contributed by atoms with Gasteiger partial charge in [0.05, 0.1) is 18.0 Å². The van der Waals surface area contributed by atoms with Gasteiger partial charge in [0, 0.05) is 42.8 Å². The van der Waals surface area contributed by atoms with Gasteiger partial charge in [-0.3, -0.25) is 14.4 Å². The number of thioether (sulfide) groups is 1. The summed E-state index contributed by atoms with van der Waals surface area (Å²) in [6.45, 7) is 4.28. The Morgan fingerprint density at radius 1 is 1.43 bits per heavy atom. The van der Waals surface area contributed by atoms with Crippen molar-refractivity contribution in [3.63, 3.8) is 0 Å². The van der Waals surface area contributed by atoms with Gasteiger partial charge in [-0.15, -0.1) is 11.8 Å². The number of amides is 3. The van der Waals surface area contributed by atoms with Crippen LogP contribution in [0.2, 0.25) is 0 Å². The van der Waals surface area contributed by atoms with Gasteiger partial charge >= 0.3 is 5.97 Å². The first-order valence-electron chi connectivity index (χ1n) is 9.30. The number of rotatable bonds is 7. The third-order valence-corrected chi connectivity index (χ3v) is 7.30. The fraction of sp³-hybridized carbons (Fsp3) is 0.667. The van der Waals surface area contributed by atoms with E-state index in [1.807, 2.05) is 6.92 Å². The molecule has 3 heterocycles. The topological polar surface area (TPSA) is 119 Å². The Morgan fingerprint density at radius 3 is 2.68 bits per heavy atom. The molecular weight excluding hydrogens is 384 g/mol. The molecule has 0 aromatic heterocycles. The van der Waals surface area contributed by atoms with Crippen LogP contribution in [0.1, 0.15) is 20.3 Å². The van der Waals surface area contributed by atoms with E-state index in [1.54, 1.807) is 25.9 Å². The van der Waals surface area contributed by atoms with Gasteiger partial charge in [0.15, 0.2) is 0 Å². The number of hydrogen-bond acceptors (Lipinski definition) is 6. The number of carboxylic acid groups (broad SMARTS) is 1. The van der Waals surface area contributed by atoms with Gasteiger partial charge in [0.1, 0.15) is 5.70 Å². The number of carboxylic acids is 1. The number of β-lactam (4-membered cyclic amide) rings is 1. The summed E-state index contributed by atoms with van der Waals surface area (Å²) < 4.78 is 0. The molecule has 3 aliphatic rings. The van der Waals surface area contributed by atoms with E-state index in [0.29, 0.717) is 24.3 Å². The molecule has 0 radical (unpaired) electrons. The molecule has 3 aliphatic heterocycles. The SMILES string of the molecule is CC(NC=O)[C@H]1C(=O)N2C(C(=O)O)=C(S[C@@H]3CN[C@H](C(=O)N(C)C)C3)[C@H](C)[C@H]12. The summed E-state index contributed by atoms with van der Waals surface area (Å²) in [5.41, 5.74) is 0.0458. The second-order valence-electron chi connectivity index (χ2n) is 7.77. The van der Waals surface area contributed by atoms with E-state index in [9.17, 15) is 24.3 Å². The minimum absolute atomic E-state index is 0.00262. The van der Waals surface area contributed by atoms with Crippen LogP contribution >= 0.6 is 11.8 Å². The lowest BCUT2D eigenvalue weighted by molar-refractivity contribution is -0.158. The number of hydrogen-bond donors (Lipinski definition) is 3. The molecule has 0 aliphatic carbocycles. The van der Waals surface area contributed by atoms with Gasteiger partial charge in [-0.25, -0.2) is 4.79 Å². The number of nitrogens with zero attached hydrogens (tertiary/aromatic N) is 2. The normalized spacial score (nSPS) is 32.6. The van der Waals surface area contributed by atoms with Crippen LogP contribution in [0, 0.1) is 11.8 Å². The summed E-state index contributed by atoms with van der Waals surface area (Å²) in [5, 5.41) is 15.6. The fourth-order valence-corrected chi connectivity index (χ4v) is 5.86. The molecule has 0 spiro atoms.